The summed E-state index contributed by atoms with van der Waals surface area (Å²) in [4.78, 5) is 23.4. The van der Waals surface area contributed by atoms with E-state index in [1.54, 1.807) is 0 Å². The molecule has 0 aliphatic heterocycles. The van der Waals surface area contributed by atoms with Crippen molar-refractivity contribution in [3.05, 3.63) is 30.6 Å². The average Bonchev–Trinajstić information content (AvgIpc) is 2.75. The van der Waals surface area contributed by atoms with Crippen LogP contribution in [-0.4, -0.2) is 18.0 Å². The smallest absolute Gasteiger partial charge is 0.178 e. The fraction of sp³-hybridized carbons (Fsp3) is 0.667. The molecule has 0 rings (SSSR count). The number of hydrogen-bond donors (Lipinski definition) is 1. The lowest BCUT2D eigenvalue weighted by Crippen LogP contribution is -2.07. The molecule has 0 aromatic rings. The minimum atomic E-state index is -0.0645. The third kappa shape index (κ3) is 24.2. The Balaban J connectivity index is 3.33. The highest BCUT2D eigenvalue weighted by Gasteiger charge is 2.02. The Morgan fingerprint density at radius 2 is 1.57 bits per heavy atom. The van der Waals surface area contributed by atoms with E-state index in [1.807, 2.05) is 6.92 Å². The highest BCUT2D eigenvalue weighted by atomic mass is 17.9. The van der Waals surface area contributed by atoms with Crippen molar-refractivity contribution in [1.82, 2.24) is 0 Å². The van der Waals surface area contributed by atoms with E-state index in [2.05, 4.69) is 72.7 Å². The van der Waals surface area contributed by atoms with E-state index in [0.29, 0.717) is 6.42 Å². The van der Waals surface area contributed by atoms with Gasteiger partial charge in [0.1, 0.15) is 6.26 Å². The first-order valence-electron chi connectivity index (χ1n) is 8.76. The SMILES string of the molecule is CCCCCCC(C)OOOC=C=COOCC/C=C\OOOOOOOOOO. The summed E-state index contributed by atoms with van der Waals surface area (Å²) in [5.41, 5.74) is 2.49. The van der Waals surface area contributed by atoms with Gasteiger partial charge in [-0.15, -0.1) is 0 Å². The van der Waals surface area contributed by atoms with Gasteiger partial charge in [0.25, 0.3) is 0 Å². The summed E-state index contributed by atoms with van der Waals surface area (Å²) in [7, 11) is 0. The molecule has 30 heavy (non-hydrogen) atoms. The Bertz CT molecular complexity index is 426. The summed E-state index contributed by atoms with van der Waals surface area (Å²) in [6.07, 6.45) is 10.7. The van der Waals surface area contributed by atoms with Crippen molar-refractivity contribution in [3.8, 4) is 0 Å². The number of rotatable bonds is 23. The van der Waals surface area contributed by atoms with E-state index >= 15 is 0 Å². The van der Waals surface area contributed by atoms with Gasteiger partial charge in [-0.3, -0.25) is 0 Å². The highest BCUT2D eigenvalue weighted by Crippen LogP contribution is 2.08. The summed E-state index contributed by atoms with van der Waals surface area (Å²) in [6, 6.07) is 0. The molecule has 0 bridgehead atoms. The summed E-state index contributed by atoms with van der Waals surface area (Å²) in [5.74, 6) is 0. The zero-order valence-electron chi connectivity index (χ0n) is 16.5. The lowest BCUT2D eigenvalue weighted by molar-refractivity contribution is -0.842. The average molecular weight is 446 g/mol. The van der Waals surface area contributed by atoms with Crippen LogP contribution in [0.5, 0.6) is 0 Å². The Morgan fingerprint density at radius 3 is 2.33 bits per heavy atom. The van der Waals surface area contributed by atoms with Crippen LogP contribution in [0.15, 0.2) is 30.6 Å². The van der Waals surface area contributed by atoms with Crippen LogP contribution in [0.25, 0.3) is 0 Å². The van der Waals surface area contributed by atoms with E-state index in [-0.39, 0.29) is 12.7 Å². The van der Waals surface area contributed by atoms with Crippen molar-refractivity contribution in [3.63, 3.8) is 0 Å². The van der Waals surface area contributed by atoms with Gasteiger partial charge in [-0.2, -0.15) is 9.78 Å². The first-order valence-corrected chi connectivity index (χ1v) is 8.76. The van der Waals surface area contributed by atoms with E-state index < -0.39 is 0 Å². The largest absolute Gasteiger partial charge is 0.337 e. The van der Waals surface area contributed by atoms with Crippen molar-refractivity contribution >= 4 is 0 Å². The van der Waals surface area contributed by atoms with Gasteiger partial charge in [0.05, 0.1) is 12.7 Å². The van der Waals surface area contributed by atoms with Crippen molar-refractivity contribution in [2.45, 2.75) is 58.5 Å². The quantitative estimate of drug-likeness (QED) is 0.0799. The molecule has 0 amide bonds. The standard InChI is InChI=1S/C15H26O15/c1-3-4-5-6-10-15(2)21-23-19-14-9-13-18-17-11-7-8-12-20-24-26-28-30-29-27-25-22-16/h8,12-16H,3-7,10-11H2,1-2H3/b12-8-. The minimum absolute atomic E-state index is 0.0645. The molecular formula is C15H26O15. The second-order valence-corrected chi connectivity index (χ2v) is 5.05. The Morgan fingerprint density at radius 1 is 0.833 bits per heavy atom. The second kappa shape index (κ2) is 25.2. The molecule has 176 valence electrons. The van der Waals surface area contributed by atoms with Crippen LogP contribution in [0.3, 0.4) is 0 Å². The van der Waals surface area contributed by atoms with Crippen LogP contribution in [-0.2, 0) is 69.8 Å². The van der Waals surface area contributed by atoms with E-state index in [1.165, 1.54) is 25.3 Å². The minimum Gasteiger partial charge on any atom is -0.337 e. The molecular weight excluding hydrogens is 420 g/mol. The molecule has 15 heteroatoms. The topological polar surface area (TPSA) is 149 Å². The van der Waals surface area contributed by atoms with E-state index in [9.17, 15) is 0 Å². The fourth-order valence-electron chi connectivity index (χ4n) is 1.51. The highest BCUT2D eigenvalue weighted by molar-refractivity contribution is 4.71. The molecule has 0 saturated heterocycles. The van der Waals surface area contributed by atoms with Crippen molar-refractivity contribution < 1.29 is 75.0 Å². The van der Waals surface area contributed by atoms with Crippen LogP contribution >= 0.6 is 0 Å². The predicted molar refractivity (Wildman–Crippen MR) is 87.3 cm³/mol. The Kier molecular flexibility index (Phi) is 23.7. The van der Waals surface area contributed by atoms with E-state index in [0.717, 1.165) is 31.6 Å². The predicted octanol–water partition coefficient (Wildman–Crippen LogP) is 3.65. The second-order valence-electron chi connectivity index (χ2n) is 5.05. The number of hydrogen-bond acceptors (Lipinski definition) is 15. The summed E-state index contributed by atoms with van der Waals surface area (Å²) in [5, 5.41) is 40.5. The van der Waals surface area contributed by atoms with Gasteiger partial charge >= 0.3 is 0 Å². The molecule has 0 aliphatic carbocycles. The van der Waals surface area contributed by atoms with Crippen LogP contribution < -0.4 is 0 Å². The molecule has 1 N–H and O–H groups in total. The van der Waals surface area contributed by atoms with Crippen LogP contribution in [0.4, 0.5) is 0 Å². The van der Waals surface area contributed by atoms with Gasteiger partial charge in [-0.1, -0.05) is 32.6 Å². The summed E-state index contributed by atoms with van der Waals surface area (Å²) >= 11 is 0. The maximum atomic E-state index is 7.61. The van der Waals surface area contributed by atoms with Crippen molar-refractivity contribution in [1.29, 1.82) is 0 Å². The molecule has 1 unspecified atom stereocenters. The molecule has 0 saturated carbocycles. The van der Waals surface area contributed by atoms with Crippen molar-refractivity contribution in [2.75, 3.05) is 6.61 Å². The Labute approximate surface area is 171 Å². The molecule has 0 aliphatic rings. The van der Waals surface area contributed by atoms with Gasteiger partial charge in [0.15, 0.2) is 12.5 Å². The summed E-state index contributed by atoms with van der Waals surface area (Å²) in [6.45, 7) is 4.24. The molecule has 0 radical (unpaired) electrons. The first-order chi connectivity index (χ1) is 14.8. The lowest BCUT2D eigenvalue weighted by atomic mass is 10.1. The molecule has 0 aromatic heterocycles. The Hall–Kier alpha value is -1.82. The maximum absolute atomic E-state index is 7.61. The van der Waals surface area contributed by atoms with Gasteiger partial charge in [-0.25, -0.2) is 5.26 Å². The fourth-order valence-corrected chi connectivity index (χ4v) is 1.51. The van der Waals surface area contributed by atoms with Crippen LogP contribution in [0, 0.1) is 0 Å². The van der Waals surface area contributed by atoms with Gasteiger partial charge in [0, 0.05) is 20.2 Å². The van der Waals surface area contributed by atoms with Gasteiger partial charge < -0.3 is 14.7 Å². The van der Waals surface area contributed by atoms with Gasteiger partial charge in [-0.05, 0) is 56.8 Å². The van der Waals surface area contributed by atoms with Crippen molar-refractivity contribution in [2.24, 2.45) is 0 Å². The monoisotopic (exact) mass is 446 g/mol. The first kappa shape index (κ1) is 28.2. The van der Waals surface area contributed by atoms with Crippen LogP contribution in [0.2, 0.25) is 0 Å². The van der Waals surface area contributed by atoms with Crippen LogP contribution in [0.1, 0.15) is 52.4 Å². The zero-order valence-corrected chi connectivity index (χ0v) is 16.5. The molecule has 0 spiro atoms. The lowest BCUT2D eigenvalue weighted by Gasteiger charge is -2.08. The summed E-state index contributed by atoms with van der Waals surface area (Å²) < 4.78 is 0. The maximum Gasteiger partial charge on any atom is 0.178 e. The number of unbranched alkanes of at least 4 members (excludes halogenated alkanes) is 3. The molecule has 0 aromatic carbocycles. The molecule has 0 fully saturated rings. The molecule has 15 nitrogen and oxygen atoms in total. The zero-order chi connectivity index (χ0) is 22.0. The van der Waals surface area contributed by atoms with Gasteiger partial charge in [0.2, 0.25) is 0 Å². The molecule has 1 atom stereocenters. The molecule has 0 heterocycles. The third-order valence-corrected chi connectivity index (χ3v) is 2.76. The van der Waals surface area contributed by atoms with E-state index in [4.69, 9.17) is 15.0 Å². The third-order valence-electron chi connectivity index (χ3n) is 2.76. The normalized spacial score (nSPS) is 11.8.